The van der Waals surface area contributed by atoms with Crippen LogP contribution in [0, 0.1) is 18.3 Å². The van der Waals surface area contributed by atoms with E-state index in [0.717, 1.165) is 32.1 Å². The van der Waals surface area contributed by atoms with Crippen molar-refractivity contribution < 1.29 is 4.79 Å². The fraction of sp³-hybridized carbons (Fsp3) is 0.400. The topological polar surface area (TPSA) is 17.1 Å². The van der Waals surface area contributed by atoms with E-state index in [9.17, 15) is 4.79 Å². The number of aryl methyl sites for hydroxylation is 1. The number of unbranched alkanes of at least 4 members (excludes halogenated alkanes) is 1. The molecule has 0 aliphatic heterocycles. The predicted octanol–water partition coefficient (Wildman–Crippen LogP) is 6.33. The van der Waals surface area contributed by atoms with Gasteiger partial charge in [0.05, 0.1) is 0 Å². The molecule has 0 aromatic heterocycles. The summed E-state index contributed by atoms with van der Waals surface area (Å²) in [7, 11) is 0. The molecular weight excluding hydrogens is 316 g/mol. The zero-order chi connectivity index (χ0) is 18.0. The summed E-state index contributed by atoms with van der Waals surface area (Å²) in [6, 6.07) is 19.4. The van der Waals surface area contributed by atoms with Gasteiger partial charge in [-0.1, -0.05) is 78.7 Å². The molecular formula is C25H28O. The fourth-order valence-electron chi connectivity index (χ4n) is 5.22. The Balaban J connectivity index is 1.39. The highest BCUT2D eigenvalue weighted by Gasteiger charge is 2.62. The van der Waals surface area contributed by atoms with Gasteiger partial charge < -0.3 is 0 Å². The van der Waals surface area contributed by atoms with Crippen molar-refractivity contribution in [3.05, 3.63) is 77.4 Å². The molecule has 0 N–H and O–H groups in total. The Morgan fingerprint density at radius 1 is 1.08 bits per heavy atom. The van der Waals surface area contributed by atoms with Gasteiger partial charge in [0, 0.05) is 17.3 Å². The molecule has 2 bridgehead atoms. The largest absolute Gasteiger partial charge is 0.299 e. The van der Waals surface area contributed by atoms with Crippen LogP contribution in [-0.4, -0.2) is 5.78 Å². The lowest BCUT2D eigenvalue weighted by Crippen LogP contribution is -2.58. The van der Waals surface area contributed by atoms with Crippen molar-refractivity contribution in [3.8, 4) is 0 Å². The molecule has 2 saturated carbocycles. The number of carbonyl (C=O) groups is 1. The lowest BCUT2D eigenvalue weighted by Gasteiger charge is -2.58. The van der Waals surface area contributed by atoms with Gasteiger partial charge in [0.2, 0.25) is 0 Å². The maximum Gasteiger partial charge on any atom is 0.143 e. The molecule has 0 radical (unpaired) electrons. The smallest absolute Gasteiger partial charge is 0.143 e. The van der Waals surface area contributed by atoms with Gasteiger partial charge in [-0.2, -0.15) is 0 Å². The molecule has 0 heterocycles. The number of Topliss-reactive ketones (excluding diaryl/α,β-unsaturated/α-hetero) is 1. The van der Waals surface area contributed by atoms with E-state index in [1.165, 1.54) is 23.1 Å². The van der Waals surface area contributed by atoms with Gasteiger partial charge in [-0.15, -0.1) is 0 Å². The van der Waals surface area contributed by atoms with Crippen molar-refractivity contribution >= 4 is 11.9 Å². The first-order valence-corrected chi connectivity index (χ1v) is 10.0. The minimum atomic E-state index is -0.0675. The number of benzene rings is 2. The van der Waals surface area contributed by atoms with Gasteiger partial charge >= 0.3 is 0 Å². The average molecular weight is 344 g/mol. The van der Waals surface area contributed by atoms with E-state index in [1.807, 2.05) is 0 Å². The van der Waals surface area contributed by atoms with Gasteiger partial charge in [-0.3, -0.25) is 4.79 Å². The van der Waals surface area contributed by atoms with Crippen LogP contribution in [0.15, 0.2) is 60.7 Å². The summed E-state index contributed by atoms with van der Waals surface area (Å²) in [5.74, 6) is 1.31. The molecule has 4 rings (SSSR count). The van der Waals surface area contributed by atoms with Crippen molar-refractivity contribution in [2.24, 2.45) is 11.3 Å². The standard InChI is InChI=1S/C25H28O/c1-19-13-15-20(16-14-19)9-4-3-7-17-25-18-8-12-22(24(25)26)23(25)21-10-5-2-6-11-21/h2,4-6,9-11,13-16,22-23H,3,7-8,12,17-18H2,1H3/b9-4+/t22-,23-,25+/m0/s1. The molecule has 26 heavy (non-hydrogen) atoms. The van der Waals surface area contributed by atoms with Crippen molar-refractivity contribution in [2.75, 3.05) is 0 Å². The Morgan fingerprint density at radius 3 is 2.58 bits per heavy atom. The molecule has 3 atom stereocenters. The third-order valence-electron chi connectivity index (χ3n) is 6.50. The summed E-state index contributed by atoms with van der Waals surface area (Å²) >= 11 is 0. The monoisotopic (exact) mass is 344 g/mol. The van der Waals surface area contributed by atoms with E-state index in [2.05, 4.69) is 73.7 Å². The number of fused-ring (bicyclic) bond motifs is 2. The van der Waals surface area contributed by atoms with Gasteiger partial charge in [-0.05, 0) is 50.2 Å². The number of hydrogen-bond acceptors (Lipinski definition) is 1. The Kier molecular flexibility index (Phi) is 4.80. The second kappa shape index (κ2) is 7.23. The highest BCUT2D eigenvalue weighted by atomic mass is 16.1. The Morgan fingerprint density at radius 2 is 1.85 bits per heavy atom. The molecule has 2 aliphatic rings. The highest BCUT2D eigenvalue weighted by Crippen LogP contribution is 2.64. The zero-order valence-electron chi connectivity index (χ0n) is 15.7. The van der Waals surface area contributed by atoms with Crippen LogP contribution in [0.4, 0.5) is 0 Å². The van der Waals surface area contributed by atoms with Crippen molar-refractivity contribution in [2.45, 2.75) is 51.4 Å². The van der Waals surface area contributed by atoms with Gasteiger partial charge in [0.15, 0.2) is 0 Å². The van der Waals surface area contributed by atoms with E-state index in [0.29, 0.717) is 11.7 Å². The molecule has 1 heteroatoms. The lowest BCUT2D eigenvalue weighted by atomic mass is 9.43. The fourth-order valence-corrected chi connectivity index (χ4v) is 5.22. The van der Waals surface area contributed by atoms with E-state index in [-0.39, 0.29) is 11.3 Å². The molecule has 2 aliphatic carbocycles. The maximum absolute atomic E-state index is 12.8. The second-order valence-electron chi connectivity index (χ2n) is 8.11. The van der Waals surface area contributed by atoms with Crippen LogP contribution in [0.3, 0.4) is 0 Å². The van der Waals surface area contributed by atoms with Gasteiger partial charge in [-0.25, -0.2) is 0 Å². The van der Waals surface area contributed by atoms with Crippen LogP contribution in [0.2, 0.25) is 0 Å². The van der Waals surface area contributed by atoms with Gasteiger partial charge in [0.1, 0.15) is 5.78 Å². The van der Waals surface area contributed by atoms with Gasteiger partial charge in [0.25, 0.3) is 0 Å². The third-order valence-corrected chi connectivity index (χ3v) is 6.50. The number of ketones is 1. The summed E-state index contributed by atoms with van der Waals surface area (Å²) in [5, 5.41) is 0. The summed E-state index contributed by atoms with van der Waals surface area (Å²) in [5.41, 5.74) is 3.87. The Hall–Kier alpha value is -2.15. The summed E-state index contributed by atoms with van der Waals surface area (Å²) < 4.78 is 0. The van der Waals surface area contributed by atoms with E-state index >= 15 is 0 Å². The summed E-state index contributed by atoms with van der Waals surface area (Å²) in [4.78, 5) is 12.8. The van der Waals surface area contributed by atoms with Crippen LogP contribution in [0.5, 0.6) is 0 Å². The van der Waals surface area contributed by atoms with Crippen molar-refractivity contribution in [1.82, 2.24) is 0 Å². The van der Waals surface area contributed by atoms with E-state index < -0.39 is 0 Å². The van der Waals surface area contributed by atoms with Crippen molar-refractivity contribution in [1.29, 1.82) is 0 Å². The maximum atomic E-state index is 12.8. The summed E-state index contributed by atoms with van der Waals surface area (Å²) in [6.45, 7) is 2.11. The number of allylic oxidation sites excluding steroid dienone is 1. The molecule has 0 saturated heterocycles. The zero-order valence-corrected chi connectivity index (χ0v) is 15.7. The molecule has 0 unspecified atom stereocenters. The van der Waals surface area contributed by atoms with Crippen LogP contribution in [0.25, 0.3) is 6.08 Å². The van der Waals surface area contributed by atoms with Crippen LogP contribution in [0.1, 0.15) is 61.1 Å². The van der Waals surface area contributed by atoms with E-state index in [1.54, 1.807) is 0 Å². The van der Waals surface area contributed by atoms with Crippen LogP contribution < -0.4 is 0 Å². The molecule has 2 aromatic rings. The predicted molar refractivity (Wildman–Crippen MR) is 108 cm³/mol. The molecule has 2 fully saturated rings. The second-order valence-corrected chi connectivity index (χ2v) is 8.11. The first-order chi connectivity index (χ1) is 12.7. The average Bonchev–Trinajstić information content (AvgIpc) is 2.69. The minimum absolute atomic E-state index is 0.0675. The molecule has 134 valence electrons. The lowest BCUT2D eigenvalue weighted by molar-refractivity contribution is -0.158. The SMILES string of the molecule is Cc1ccc(/C=C/CCC[C@]23CCC[C@H](C2=O)[C@@H]3c2ccccc2)cc1. The Labute approximate surface area is 157 Å². The Bertz CT molecular complexity index is 787. The normalized spacial score (nSPS) is 27.5. The summed E-state index contributed by atoms with van der Waals surface area (Å²) in [6.07, 6.45) is 11.1. The molecule has 2 aromatic carbocycles. The van der Waals surface area contributed by atoms with Crippen LogP contribution >= 0.6 is 0 Å². The first-order valence-electron chi connectivity index (χ1n) is 10.0. The number of hydrogen-bond donors (Lipinski definition) is 0. The number of carbonyl (C=O) groups excluding carboxylic acids is 1. The minimum Gasteiger partial charge on any atom is -0.299 e. The molecule has 1 nitrogen and oxygen atoms in total. The third kappa shape index (κ3) is 3.05. The molecule has 0 amide bonds. The van der Waals surface area contributed by atoms with Crippen LogP contribution in [-0.2, 0) is 4.79 Å². The number of rotatable bonds is 6. The van der Waals surface area contributed by atoms with E-state index in [4.69, 9.17) is 0 Å². The van der Waals surface area contributed by atoms with Crippen molar-refractivity contribution in [3.63, 3.8) is 0 Å². The highest BCUT2D eigenvalue weighted by molar-refractivity contribution is 5.96. The quantitative estimate of drug-likeness (QED) is 0.559. The molecule has 0 spiro atoms. The first kappa shape index (κ1) is 17.3.